The molecule has 0 atom stereocenters. The molecule has 0 spiro atoms. The van der Waals surface area contributed by atoms with Crippen LogP contribution in [0.5, 0.6) is 0 Å². The molecule has 1 aliphatic rings. The van der Waals surface area contributed by atoms with Crippen molar-refractivity contribution in [2.75, 3.05) is 24.5 Å². The fraction of sp³-hybridized carbons (Fsp3) is 0.714. The molecular formula is C14H23FN4. The van der Waals surface area contributed by atoms with Crippen molar-refractivity contribution in [2.45, 2.75) is 45.6 Å². The van der Waals surface area contributed by atoms with E-state index in [9.17, 15) is 4.39 Å². The maximum Gasteiger partial charge on any atom is 0.187 e. The molecule has 1 aromatic heterocycles. The predicted octanol–water partition coefficient (Wildman–Crippen LogP) is 2.15. The summed E-state index contributed by atoms with van der Waals surface area (Å²) in [5.74, 6) is 0.228. The van der Waals surface area contributed by atoms with Crippen molar-refractivity contribution < 1.29 is 4.39 Å². The molecule has 2 heterocycles. The van der Waals surface area contributed by atoms with E-state index in [0.29, 0.717) is 24.0 Å². The second-order valence-electron chi connectivity index (χ2n) is 5.03. The van der Waals surface area contributed by atoms with Gasteiger partial charge in [0.15, 0.2) is 11.6 Å². The molecule has 19 heavy (non-hydrogen) atoms. The molecule has 1 N–H and O–H groups in total. The summed E-state index contributed by atoms with van der Waals surface area (Å²) in [6.07, 6.45) is 5.32. The molecule has 0 aliphatic carbocycles. The van der Waals surface area contributed by atoms with Crippen LogP contribution < -0.4 is 10.2 Å². The molecule has 5 heteroatoms. The van der Waals surface area contributed by atoms with E-state index in [-0.39, 0.29) is 5.82 Å². The highest BCUT2D eigenvalue weighted by Gasteiger charge is 2.22. The van der Waals surface area contributed by atoms with Gasteiger partial charge in [0.1, 0.15) is 6.33 Å². The summed E-state index contributed by atoms with van der Waals surface area (Å²) < 4.78 is 14.2. The predicted molar refractivity (Wildman–Crippen MR) is 74.9 cm³/mol. The molecule has 1 fully saturated rings. The van der Waals surface area contributed by atoms with Crippen LogP contribution in [0.4, 0.5) is 10.2 Å². The lowest BCUT2D eigenvalue weighted by Crippen LogP contribution is -2.43. The number of nitrogens with one attached hydrogen (secondary N) is 1. The van der Waals surface area contributed by atoms with Crippen LogP contribution in [0.1, 0.15) is 38.8 Å². The second kappa shape index (κ2) is 6.80. The Balaban J connectivity index is 1.98. The van der Waals surface area contributed by atoms with Crippen LogP contribution in [0.2, 0.25) is 0 Å². The van der Waals surface area contributed by atoms with Gasteiger partial charge >= 0.3 is 0 Å². The lowest BCUT2D eigenvalue weighted by atomic mass is 10.0. The summed E-state index contributed by atoms with van der Waals surface area (Å²) >= 11 is 0. The Labute approximate surface area is 114 Å². The van der Waals surface area contributed by atoms with E-state index in [1.165, 1.54) is 6.33 Å². The Bertz CT molecular complexity index is 402. The van der Waals surface area contributed by atoms with E-state index in [0.717, 1.165) is 38.9 Å². The van der Waals surface area contributed by atoms with Crippen LogP contribution in [-0.4, -0.2) is 35.6 Å². The van der Waals surface area contributed by atoms with Gasteiger partial charge in [0.25, 0.3) is 0 Å². The Hall–Kier alpha value is -1.23. The van der Waals surface area contributed by atoms with Gasteiger partial charge in [0.05, 0.1) is 5.69 Å². The summed E-state index contributed by atoms with van der Waals surface area (Å²) in [5.41, 5.74) is 0.510. The van der Waals surface area contributed by atoms with Gasteiger partial charge in [-0.05, 0) is 32.2 Å². The third-order valence-corrected chi connectivity index (χ3v) is 3.66. The zero-order valence-corrected chi connectivity index (χ0v) is 11.8. The number of nitrogens with zero attached hydrogens (tertiary/aromatic N) is 3. The van der Waals surface area contributed by atoms with Gasteiger partial charge in [-0.3, -0.25) is 0 Å². The minimum atomic E-state index is -0.245. The van der Waals surface area contributed by atoms with Crippen LogP contribution in [0.15, 0.2) is 6.33 Å². The van der Waals surface area contributed by atoms with E-state index in [2.05, 4.69) is 22.2 Å². The molecule has 0 unspecified atom stereocenters. The zero-order chi connectivity index (χ0) is 13.7. The van der Waals surface area contributed by atoms with Gasteiger partial charge in [0.2, 0.25) is 0 Å². The average Bonchev–Trinajstić information content (AvgIpc) is 2.46. The first kappa shape index (κ1) is 14.2. The number of hydrogen-bond acceptors (Lipinski definition) is 4. The first-order valence-corrected chi connectivity index (χ1v) is 7.24. The maximum atomic E-state index is 14.2. The van der Waals surface area contributed by atoms with Crippen molar-refractivity contribution in [1.82, 2.24) is 15.3 Å². The third kappa shape index (κ3) is 3.41. The lowest BCUT2D eigenvalue weighted by molar-refractivity contribution is 0.411. The second-order valence-corrected chi connectivity index (χ2v) is 5.03. The Morgan fingerprint density at radius 3 is 2.68 bits per heavy atom. The van der Waals surface area contributed by atoms with Crippen molar-refractivity contribution in [3.63, 3.8) is 0 Å². The molecular weight excluding hydrogens is 243 g/mol. The molecule has 0 radical (unpaired) electrons. The minimum absolute atomic E-state index is 0.245. The van der Waals surface area contributed by atoms with Crippen LogP contribution in [0, 0.1) is 5.82 Å². The lowest BCUT2D eigenvalue weighted by Gasteiger charge is -2.33. The quantitative estimate of drug-likeness (QED) is 0.886. The van der Waals surface area contributed by atoms with Crippen LogP contribution in [0.3, 0.4) is 0 Å². The first-order valence-electron chi connectivity index (χ1n) is 7.24. The minimum Gasteiger partial charge on any atom is -0.354 e. The fourth-order valence-electron chi connectivity index (χ4n) is 2.51. The van der Waals surface area contributed by atoms with E-state index in [4.69, 9.17) is 0 Å². The SMILES string of the molecule is CCCNC1CCN(c2ncnc(CC)c2F)CC1. The smallest absolute Gasteiger partial charge is 0.187 e. The van der Waals surface area contributed by atoms with E-state index < -0.39 is 0 Å². The Kier molecular flexibility index (Phi) is 5.07. The molecule has 106 valence electrons. The van der Waals surface area contributed by atoms with E-state index in [1.54, 1.807) is 0 Å². The van der Waals surface area contributed by atoms with E-state index in [1.807, 2.05) is 11.8 Å². The maximum absolute atomic E-state index is 14.2. The van der Waals surface area contributed by atoms with Crippen molar-refractivity contribution in [1.29, 1.82) is 0 Å². The van der Waals surface area contributed by atoms with Gasteiger partial charge in [-0.25, -0.2) is 14.4 Å². The summed E-state index contributed by atoms with van der Waals surface area (Å²) in [6, 6.07) is 0.562. The van der Waals surface area contributed by atoms with Gasteiger partial charge < -0.3 is 10.2 Å². The Morgan fingerprint density at radius 2 is 2.05 bits per heavy atom. The van der Waals surface area contributed by atoms with E-state index >= 15 is 0 Å². The van der Waals surface area contributed by atoms with Crippen molar-refractivity contribution >= 4 is 5.82 Å². The van der Waals surface area contributed by atoms with Crippen molar-refractivity contribution in [3.05, 3.63) is 17.8 Å². The summed E-state index contributed by atoms with van der Waals surface area (Å²) in [5, 5.41) is 3.53. The standard InChI is InChI=1S/C14H23FN4/c1-3-7-16-11-5-8-19(9-6-11)14-13(15)12(4-2)17-10-18-14/h10-11,16H,3-9H2,1-2H3. The first-order chi connectivity index (χ1) is 9.26. The summed E-state index contributed by atoms with van der Waals surface area (Å²) in [4.78, 5) is 10.1. The number of halogens is 1. The molecule has 1 aromatic rings. The largest absolute Gasteiger partial charge is 0.354 e. The topological polar surface area (TPSA) is 41.0 Å². The van der Waals surface area contributed by atoms with Crippen molar-refractivity contribution in [2.24, 2.45) is 0 Å². The number of anilines is 1. The van der Waals surface area contributed by atoms with Gasteiger partial charge in [-0.1, -0.05) is 13.8 Å². The molecule has 0 bridgehead atoms. The number of rotatable bonds is 5. The normalized spacial score (nSPS) is 16.9. The molecule has 1 aliphatic heterocycles. The van der Waals surface area contributed by atoms with Gasteiger partial charge in [-0.15, -0.1) is 0 Å². The van der Waals surface area contributed by atoms with Crippen LogP contribution >= 0.6 is 0 Å². The molecule has 4 nitrogen and oxygen atoms in total. The third-order valence-electron chi connectivity index (χ3n) is 3.66. The Morgan fingerprint density at radius 1 is 1.32 bits per heavy atom. The molecule has 0 aromatic carbocycles. The zero-order valence-electron chi connectivity index (χ0n) is 11.8. The molecule has 1 saturated heterocycles. The molecule has 0 saturated carbocycles. The molecule has 0 amide bonds. The van der Waals surface area contributed by atoms with Gasteiger partial charge in [-0.2, -0.15) is 0 Å². The van der Waals surface area contributed by atoms with Crippen molar-refractivity contribution in [3.8, 4) is 0 Å². The fourth-order valence-corrected chi connectivity index (χ4v) is 2.51. The van der Waals surface area contributed by atoms with Gasteiger partial charge in [0, 0.05) is 19.1 Å². The van der Waals surface area contributed by atoms with Crippen LogP contribution in [0.25, 0.3) is 0 Å². The van der Waals surface area contributed by atoms with Crippen LogP contribution in [-0.2, 0) is 6.42 Å². The molecule has 2 rings (SSSR count). The monoisotopic (exact) mass is 266 g/mol. The highest BCUT2D eigenvalue weighted by Crippen LogP contribution is 2.22. The summed E-state index contributed by atoms with van der Waals surface area (Å²) in [7, 11) is 0. The number of piperidine rings is 1. The number of aryl methyl sites for hydroxylation is 1. The highest BCUT2D eigenvalue weighted by molar-refractivity contribution is 5.41. The number of hydrogen-bond donors (Lipinski definition) is 1. The summed E-state index contributed by atoms with van der Waals surface area (Å²) in [6.45, 7) is 6.87. The average molecular weight is 266 g/mol. The number of aromatic nitrogens is 2. The highest BCUT2D eigenvalue weighted by atomic mass is 19.1.